The van der Waals surface area contributed by atoms with Gasteiger partial charge in [-0.1, -0.05) is 26.7 Å². The van der Waals surface area contributed by atoms with Crippen LogP contribution < -0.4 is 5.32 Å². The topological polar surface area (TPSA) is 28.4 Å². The smallest absolute Gasteiger partial charge is 0.120 e. The molecule has 104 valence electrons. The van der Waals surface area contributed by atoms with Crippen LogP contribution in [0.25, 0.3) is 0 Å². The molecule has 0 aliphatic rings. The maximum Gasteiger partial charge on any atom is 0.120 e. The highest BCUT2D eigenvalue weighted by Gasteiger charge is 2.21. The van der Waals surface area contributed by atoms with Gasteiger partial charge in [0, 0.05) is 12.6 Å². The van der Waals surface area contributed by atoms with E-state index >= 15 is 0 Å². The molecule has 1 N–H and O–H groups in total. The Bertz CT molecular complexity index is 304. The number of rotatable bonds is 8. The number of hydrogen-bond acceptors (Lipinski definition) is 3. The van der Waals surface area contributed by atoms with E-state index in [1.807, 2.05) is 12.1 Å². The van der Waals surface area contributed by atoms with Crippen molar-refractivity contribution in [3.05, 3.63) is 24.2 Å². The van der Waals surface area contributed by atoms with Gasteiger partial charge in [-0.05, 0) is 39.1 Å². The Morgan fingerprint density at radius 3 is 2.39 bits per heavy atom. The van der Waals surface area contributed by atoms with Crippen molar-refractivity contribution in [3.63, 3.8) is 0 Å². The number of furan rings is 1. The summed E-state index contributed by atoms with van der Waals surface area (Å²) in [5.74, 6) is 1.76. The molecule has 0 aromatic carbocycles. The van der Waals surface area contributed by atoms with Crippen molar-refractivity contribution in [3.8, 4) is 0 Å². The Kier molecular flexibility index (Phi) is 6.44. The summed E-state index contributed by atoms with van der Waals surface area (Å²) in [4.78, 5) is 2.33. The first-order valence-electron chi connectivity index (χ1n) is 7.03. The van der Waals surface area contributed by atoms with Gasteiger partial charge in [0.25, 0.3) is 0 Å². The first-order valence-corrected chi connectivity index (χ1v) is 7.03. The van der Waals surface area contributed by atoms with Gasteiger partial charge in [0.1, 0.15) is 5.76 Å². The van der Waals surface area contributed by atoms with Crippen LogP contribution >= 0.6 is 0 Å². The molecule has 0 amide bonds. The van der Waals surface area contributed by atoms with Crippen molar-refractivity contribution < 1.29 is 4.42 Å². The quantitative estimate of drug-likeness (QED) is 0.769. The van der Waals surface area contributed by atoms with Crippen molar-refractivity contribution in [2.24, 2.45) is 5.92 Å². The van der Waals surface area contributed by atoms with Crippen molar-refractivity contribution in [1.82, 2.24) is 10.2 Å². The summed E-state index contributed by atoms with van der Waals surface area (Å²) >= 11 is 0. The normalized spacial score (nSPS) is 15.3. The first kappa shape index (κ1) is 15.3. The molecule has 2 unspecified atom stereocenters. The molecule has 0 fully saturated rings. The highest BCUT2D eigenvalue weighted by Crippen LogP contribution is 2.18. The predicted octanol–water partition coefficient (Wildman–Crippen LogP) is 3.30. The lowest BCUT2D eigenvalue weighted by Gasteiger charge is -2.32. The third kappa shape index (κ3) is 4.14. The number of likely N-dealkylation sites (N-methyl/N-ethyl adjacent to an activating group) is 1. The van der Waals surface area contributed by atoms with Crippen molar-refractivity contribution in [1.29, 1.82) is 0 Å². The molecule has 1 aromatic rings. The van der Waals surface area contributed by atoms with Gasteiger partial charge in [0.15, 0.2) is 0 Å². The standard InChI is InChI=1S/C15H28N2O/c1-6-13(7-2)14(17(4)5)11-16-12(3)15-9-8-10-18-15/h8-10,12-14,16H,6-7,11H2,1-5H3. The van der Waals surface area contributed by atoms with Crippen LogP contribution in [0.3, 0.4) is 0 Å². The van der Waals surface area contributed by atoms with Gasteiger partial charge in [0.05, 0.1) is 12.3 Å². The summed E-state index contributed by atoms with van der Waals surface area (Å²) in [6.45, 7) is 7.71. The summed E-state index contributed by atoms with van der Waals surface area (Å²) in [5, 5.41) is 3.58. The van der Waals surface area contributed by atoms with Crippen molar-refractivity contribution >= 4 is 0 Å². The van der Waals surface area contributed by atoms with E-state index in [0.29, 0.717) is 6.04 Å². The highest BCUT2D eigenvalue weighted by molar-refractivity contribution is 5.03. The fourth-order valence-electron chi connectivity index (χ4n) is 2.54. The van der Waals surface area contributed by atoms with E-state index in [9.17, 15) is 0 Å². The second kappa shape index (κ2) is 7.59. The molecule has 0 aliphatic carbocycles. The number of hydrogen-bond donors (Lipinski definition) is 1. The third-order valence-electron chi connectivity index (χ3n) is 3.86. The van der Waals surface area contributed by atoms with Crippen LogP contribution in [-0.4, -0.2) is 31.6 Å². The molecule has 1 heterocycles. The van der Waals surface area contributed by atoms with E-state index < -0.39 is 0 Å². The van der Waals surface area contributed by atoms with E-state index in [1.54, 1.807) is 6.26 Å². The summed E-state index contributed by atoms with van der Waals surface area (Å²) < 4.78 is 5.43. The van der Waals surface area contributed by atoms with E-state index in [-0.39, 0.29) is 6.04 Å². The van der Waals surface area contributed by atoms with Gasteiger partial charge < -0.3 is 14.6 Å². The second-order valence-electron chi connectivity index (χ2n) is 5.25. The molecule has 1 rings (SSSR count). The van der Waals surface area contributed by atoms with E-state index in [0.717, 1.165) is 18.2 Å². The molecule has 3 heteroatoms. The first-order chi connectivity index (χ1) is 8.60. The van der Waals surface area contributed by atoms with Crippen molar-refractivity contribution in [2.45, 2.75) is 45.7 Å². The summed E-state index contributed by atoms with van der Waals surface area (Å²) in [6, 6.07) is 4.83. The minimum absolute atomic E-state index is 0.275. The molecule has 0 spiro atoms. The van der Waals surface area contributed by atoms with Gasteiger partial charge in [-0.15, -0.1) is 0 Å². The number of nitrogens with one attached hydrogen (secondary N) is 1. The lowest BCUT2D eigenvalue weighted by atomic mass is 9.93. The van der Waals surface area contributed by atoms with E-state index in [4.69, 9.17) is 4.42 Å². The molecule has 0 saturated heterocycles. The Balaban J connectivity index is 2.52. The highest BCUT2D eigenvalue weighted by atomic mass is 16.3. The number of nitrogens with zero attached hydrogens (tertiary/aromatic N) is 1. The maximum absolute atomic E-state index is 5.43. The van der Waals surface area contributed by atoms with E-state index in [2.05, 4.69) is 45.1 Å². The van der Waals surface area contributed by atoms with Gasteiger partial charge in [-0.2, -0.15) is 0 Å². The molecular formula is C15H28N2O. The Morgan fingerprint density at radius 2 is 1.94 bits per heavy atom. The molecular weight excluding hydrogens is 224 g/mol. The van der Waals surface area contributed by atoms with Crippen LogP contribution in [-0.2, 0) is 0 Å². The molecule has 0 saturated carbocycles. The monoisotopic (exact) mass is 252 g/mol. The lowest BCUT2D eigenvalue weighted by Crippen LogP contribution is -2.43. The average Bonchev–Trinajstić information content (AvgIpc) is 2.87. The van der Waals surface area contributed by atoms with Crippen LogP contribution in [0.15, 0.2) is 22.8 Å². The second-order valence-corrected chi connectivity index (χ2v) is 5.25. The van der Waals surface area contributed by atoms with Gasteiger partial charge in [-0.3, -0.25) is 0 Å². The SMILES string of the molecule is CCC(CC)C(CNC(C)c1ccco1)N(C)C. The van der Waals surface area contributed by atoms with Crippen LogP contribution in [0.1, 0.15) is 45.4 Å². The van der Waals surface area contributed by atoms with E-state index in [1.165, 1.54) is 12.8 Å². The Morgan fingerprint density at radius 1 is 1.28 bits per heavy atom. The lowest BCUT2D eigenvalue weighted by molar-refractivity contribution is 0.188. The largest absolute Gasteiger partial charge is 0.468 e. The fraction of sp³-hybridized carbons (Fsp3) is 0.733. The molecule has 18 heavy (non-hydrogen) atoms. The van der Waals surface area contributed by atoms with Gasteiger partial charge in [0.2, 0.25) is 0 Å². The zero-order chi connectivity index (χ0) is 13.5. The zero-order valence-electron chi connectivity index (χ0n) is 12.4. The average molecular weight is 252 g/mol. The minimum Gasteiger partial charge on any atom is -0.468 e. The van der Waals surface area contributed by atoms with Crippen LogP contribution in [0.2, 0.25) is 0 Å². The van der Waals surface area contributed by atoms with Gasteiger partial charge in [-0.25, -0.2) is 0 Å². The molecule has 3 nitrogen and oxygen atoms in total. The molecule has 0 radical (unpaired) electrons. The van der Waals surface area contributed by atoms with Crippen LogP contribution in [0.4, 0.5) is 0 Å². The van der Waals surface area contributed by atoms with Crippen LogP contribution in [0, 0.1) is 5.92 Å². The summed E-state index contributed by atoms with van der Waals surface area (Å²) in [7, 11) is 4.34. The fourth-order valence-corrected chi connectivity index (χ4v) is 2.54. The van der Waals surface area contributed by atoms with Crippen molar-refractivity contribution in [2.75, 3.05) is 20.6 Å². The molecule has 0 aliphatic heterocycles. The molecule has 2 atom stereocenters. The summed E-state index contributed by atoms with van der Waals surface area (Å²) in [6.07, 6.45) is 4.20. The summed E-state index contributed by atoms with van der Waals surface area (Å²) in [5.41, 5.74) is 0. The predicted molar refractivity (Wildman–Crippen MR) is 76.7 cm³/mol. The molecule has 1 aromatic heterocycles. The third-order valence-corrected chi connectivity index (χ3v) is 3.86. The molecule has 0 bridgehead atoms. The zero-order valence-corrected chi connectivity index (χ0v) is 12.4. The minimum atomic E-state index is 0.275. The Hall–Kier alpha value is -0.800. The van der Waals surface area contributed by atoms with Crippen LogP contribution in [0.5, 0.6) is 0 Å². The Labute approximate surface area is 112 Å². The maximum atomic E-state index is 5.43. The van der Waals surface area contributed by atoms with Gasteiger partial charge >= 0.3 is 0 Å².